The first kappa shape index (κ1) is 22.3. The highest BCUT2D eigenvalue weighted by Crippen LogP contribution is 2.29. The van der Waals surface area contributed by atoms with Crippen molar-refractivity contribution in [1.29, 1.82) is 0 Å². The van der Waals surface area contributed by atoms with Crippen LogP contribution in [0.1, 0.15) is 5.56 Å². The average Bonchev–Trinajstić information content (AvgIpc) is 2.63. The highest BCUT2D eigenvalue weighted by Gasteiger charge is 2.22. The van der Waals surface area contributed by atoms with E-state index in [0.29, 0.717) is 32.8 Å². The van der Waals surface area contributed by atoms with Crippen molar-refractivity contribution in [2.24, 2.45) is 0 Å². The van der Waals surface area contributed by atoms with Gasteiger partial charge in [0.2, 0.25) is 15.9 Å². The fourth-order valence-electron chi connectivity index (χ4n) is 2.39. The van der Waals surface area contributed by atoms with Crippen LogP contribution in [0.2, 0.25) is 10.0 Å². The summed E-state index contributed by atoms with van der Waals surface area (Å²) < 4.78 is 35.7. The molecule has 0 fully saturated rings. The van der Waals surface area contributed by atoms with Crippen LogP contribution in [-0.2, 0) is 21.4 Å². The molecule has 7 nitrogen and oxygen atoms in total. The zero-order chi connectivity index (χ0) is 20.9. The van der Waals surface area contributed by atoms with Gasteiger partial charge in [-0.3, -0.25) is 4.79 Å². The summed E-state index contributed by atoms with van der Waals surface area (Å²) in [4.78, 5) is 12.5. The van der Waals surface area contributed by atoms with Gasteiger partial charge in [-0.25, -0.2) is 8.42 Å². The van der Waals surface area contributed by atoms with Crippen LogP contribution in [0.4, 0.5) is 5.69 Å². The maximum Gasteiger partial charge on any atom is 0.239 e. The van der Waals surface area contributed by atoms with Gasteiger partial charge in [-0.05, 0) is 29.8 Å². The van der Waals surface area contributed by atoms with Crippen LogP contribution in [0.15, 0.2) is 36.4 Å². The Morgan fingerprint density at radius 3 is 2.36 bits per heavy atom. The largest absolute Gasteiger partial charge is 0.497 e. The molecule has 152 valence electrons. The fourth-order valence-corrected chi connectivity index (χ4v) is 3.45. The van der Waals surface area contributed by atoms with Gasteiger partial charge in [-0.2, -0.15) is 4.31 Å². The Kier molecular flexibility index (Phi) is 7.54. The van der Waals surface area contributed by atoms with Crippen molar-refractivity contribution in [3.8, 4) is 11.5 Å². The van der Waals surface area contributed by atoms with Crippen LogP contribution < -0.4 is 14.8 Å². The lowest BCUT2D eigenvalue weighted by molar-refractivity contribution is -0.116. The predicted octanol–water partition coefficient (Wildman–Crippen LogP) is 3.41. The third kappa shape index (κ3) is 6.00. The van der Waals surface area contributed by atoms with Gasteiger partial charge in [0.05, 0.1) is 42.8 Å². The first-order valence-electron chi connectivity index (χ1n) is 8.05. The van der Waals surface area contributed by atoms with Gasteiger partial charge in [0.25, 0.3) is 0 Å². The van der Waals surface area contributed by atoms with E-state index < -0.39 is 15.9 Å². The predicted molar refractivity (Wildman–Crippen MR) is 110 cm³/mol. The first-order valence-corrected chi connectivity index (χ1v) is 10.7. The lowest BCUT2D eigenvalue weighted by Gasteiger charge is -2.20. The van der Waals surface area contributed by atoms with Gasteiger partial charge in [-0.15, -0.1) is 0 Å². The van der Waals surface area contributed by atoms with E-state index in [1.165, 1.54) is 14.2 Å². The van der Waals surface area contributed by atoms with E-state index in [2.05, 4.69) is 5.32 Å². The van der Waals surface area contributed by atoms with E-state index in [0.717, 1.165) is 10.6 Å². The first-order chi connectivity index (χ1) is 13.1. The van der Waals surface area contributed by atoms with Crippen LogP contribution in [0.3, 0.4) is 0 Å². The molecule has 28 heavy (non-hydrogen) atoms. The number of nitrogens with zero attached hydrogens (tertiary/aromatic N) is 1. The number of sulfonamides is 1. The minimum Gasteiger partial charge on any atom is -0.497 e. The number of amides is 1. The number of carbonyl (C=O) groups excluding carboxylic acids is 1. The summed E-state index contributed by atoms with van der Waals surface area (Å²) in [5.41, 5.74) is 0.974. The number of carbonyl (C=O) groups is 1. The lowest BCUT2D eigenvalue weighted by atomic mass is 10.2. The molecule has 1 amide bonds. The SMILES string of the molecule is COc1ccc(OC)c(NC(=O)CN(Cc2ccc(Cl)c(Cl)c2)S(C)(=O)=O)c1. The summed E-state index contributed by atoms with van der Waals surface area (Å²) in [7, 11) is -0.703. The molecule has 0 aliphatic carbocycles. The molecule has 0 unspecified atom stereocenters. The van der Waals surface area contributed by atoms with Gasteiger partial charge in [-0.1, -0.05) is 29.3 Å². The molecule has 0 aliphatic heterocycles. The highest BCUT2D eigenvalue weighted by molar-refractivity contribution is 7.88. The minimum atomic E-state index is -3.66. The second-order valence-electron chi connectivity index (χ2n) is 5.89. The standard InChI is InChI=1S/C18H20Cl2N2O5S/c1-26-13-5-7-17(27-2)16(9-13)21-18(23)11-22(28(3,24)25)10-12-4-6-14(19)15(20)8-12/h4-9H,10-11H2,1-3H3,(H,21,23). The molecular formula is C18H20Cl2N2O5S. The molecule has 0 saturated carbocycles. The van der Waals surface area contributed by atoms with Crippen molar-refractivity contribution in [2.45, 2.75) is 6.54 Å². The molecule has 0 atom stereocenters. The summed E-state index contributed by atoms with van der Waals surface area (Å²) in [5, 5.41) is 3.31. The summed E-state index contributed by atoms with van der Waals surface area (Å²) in [6, 6.07) is 9.68. The Balaban J connectivity index is 2.18. The average molecular weight is 447 g/mol. The number of rotatable bonds is 8. The molecule has 0 aliphatic rings. The minimum absolute atomic E-state index is 0.0294. The Labute approximate surface area is 174 Å². The number of methoxy groups -OCH3 is 2. The van der Waals surface area contributed by atoms with Gasteiger partial charge in [0, 0.05) is 12.6 Å². The van der Waals surface area contributed by atoms with Gasteiger partial charge in [0.1, 0.15) is 11.5 Å². The summed E-state index contributed by atoms with van der Waals surface area (Å²) >= 11 is 11.9. The smallest absolute Gasteiger partial charge is 0.239 e. The van der Waals surface area contributed by atoms with E-state index in [9.17, 15) is 13.2 Å². The van der Waals surface area contributed by atoms with Crippen LogP contribution >= 0.6 is 23.2 Å². The normalized spacial score (nSPS) is 11.4. The molecule has 0 bridgehead atoms. The number of anilines is 1. The third-order valence-corrected chi connectivity index (χ3v) is 5.75. The van der Waals surface area contributed by atoms with E-state index in [1.807, 2.05) is 0 Å². The number of benzene rings is 2. The van der Waals surface area contributed by atoms with Crippen molar-refractivity contribution in [1.82, 2.24) is 4.31 Å². The number of halogens is 2. The van der Waals surface area contributed by atoms with Gasteiger partial charge < -0.3 is 14.8 Å². The quantitative estimate of drug-likeness (QED) is 0.671. The van der Waals surface area contributed by atoms with Crippen molar-refractivity contribution in [3.63, 3.8) is 0 Å². The Hall–Kier alpha value is -2.00. The highest BCUT2D eigenvalue weighted by atomic mass is 35.5. The van der Waals surface area contributed by atoms with Crippen molar-refractivity contribution >= 4 is 44.8 Å². The Bertz CT molecular complexity index is 966. The molecular weight excluding hydrogens is 427 g/mol. The van der Waals surface area contributed by atoms with Crippen LogP contribution in [0, 0.1) is 0 Å². The Morgan fingerprint density at radius 2 is 1.79 bits per heavy atom. The Morgan fingerprint density at radius 1 is 1.07 bits per heavy atom. The van der Waals surface area contributed by atoms with E-state index in [1.54, 1.807) is 36.4 Å². The maximum absolute atomic E-state index is 12.5. The van der Waals surface area contributed by atoms with Crippen molar-refractivity contribution in [3.05, 3.63) is 52.0 Å². The molecule has 0 spiro atoms. The molecule has 0 aromatic heterocycles. The van der Waals surface area contributed by atoms with E-state index >= 15 is 0 Å². The topological polar surface area (TPSA) is 84.9 Å². The molecule has 0 radical (unpaired) electrons. The summed E-state index contributed by atoms with van der Waals surface area (Å²) in [6.45, 7) is -0.419. The molecule has 2 aromatic carbocycles. The fraction of sp³-hybridized carbons (Fsp3) is 0.278. The second kappa shape index (κ2) is 9.47. The molecule has 2 aromatic rings. The molecule has 2 rings (SSSR count). The van der Waals surface area contributed by atoms with E-state index in [-0.39, 0.29) is 13.1 Å². The zero-order valence-corrected chi connectivity index (χ0v) is 17.9. The second-order valence-corrected chi connectivity index (χ2v) is 8.69. The molecule has 0 saturated heterocycles. The van der Waals surface area contributed by atoms with Crippen LogP contribution in [0.5, 0.6) is 11.5 Å². The van der Waals surface area contributed by atoms with Crippen molar-refractivity contribution < 1.29 is 22.7 Å². The summed E-state index contributed by atoms with van der Waals surface area (Å²) in [5.74, 6) is 0.411. The van der Waals surface area contributed by atoms with Crippen LogP contribution in [-0.4, -0.2) is 45.7 Å². The molecule has 0 heterocycles. The third-order valence-electron chi connectivity index (χ3n) is 3.81. The van der Waals surface area contributed by atoms with Gasteiger partial charge in [0.15, 0.2) is 0 Å². The number of nitrogens with one attached hydrogen (secondary N) is 1. The molecule has 10 heteroatoms. The maximum atomic E-state index is 12.5. The van der Waals surface area contributed by atoms with Gasteiger partial charge >= 0.3 is 0 Å². The van der Waals surface area contributed by atoms with E-state index in [4.69, 9.17) is 32.7 Å². The number of hydrogen-bond donors (Lipinski definition) is 1. The monoisotopic (exact) mass is 446 g/mol. The van der Waals surface area contributed by atoms with Crippen LogP contribution in [0.25, 0.3) is 0 Å². The number of ether oxygens (including phenoxy) is 2. The zero-order valence-electron chi connectivity index (χ0n) is 15.5. The summed E-state index contributed by atoms with van der Waals surface area (Å²) in [6.07, 6.45) is 1.03. The van der Waals surface area contributed by atoms with Crippen molar-refractivity contribution in [2.75, 3.05) is 32.3 Å². The lowest BCUT2D eigenvalue weighted by Crippen LogP contribution is -2.37. The number of hydrogen-bond acceptors (Lipinski definition) is 5. The molecule has 1 N–H and O–H groups in total.